The lowest BCUT2D eigenvalue weighted by Gasteiger charge is -2.28. The van der Waals surface area contributed by atoms with Crippen LogP contribution in [0.1, 0.15) is 26.3 Å². The monoisotopic (exact) mass is 225 g/mol. The molecule has 4 heteroatoms. The first-order chi connectivity index (χ1) is 7.33. The molecule has 1 aromatic rings. The maximum atomic E-state index is 13.0. The summed E-state index contributed by atoms with van der Waals surface area (Å²) in [5.74, 6) is 0.423. The van der Waals surface area contributed by atoms with Gasteiger partial charge in [0.15, 0.2) is 0 Å². The number of pyridine rings is 1. The standard InChI is InChI=1S/C12H20FN3/c1-12(2,3)8-16(4)11-9(6-14)5-10(13)7-15-11/h5,7H,6,8,14H2,1-4H3. The molecule has 0 radical (unpaired) electrons. The summed E-state index contributed by atoms with van der Waals surface area (Å²) in [6, 6.07) is 1.45. The van der Waals surface area contributed by atoms with Crippen LogP contribution in [-0.2, 0) is 6.54 Å². The van der Waals surface area contributed by atoms with E-state index in [2.05, 4.69) is 25.8 Å². The van der Waals surface area contributed by atoms with Crippen molar-refractivity contribution in [3.8, 4) is 0 Å². The predicted octanol–water partition coefficient (Wildman–Crippen LogP) is 2.16. The molecule has 0 saturated carbocycles. The van der Waals surface area contributed by atoms with E-state index < -0.39 is 0 Å². The van der Waals surface area contributed by atoms with E-state index >= 15 is 0 Å². The van der Waals surface area contributed by atoms with Crippen LogP contribution in [0, 0.1) is 11.2 Å². The SMILES string of the molecule is CN(CC(C)(C)C)c1ncc(F)cc1CN. The number of halogens is 1. The number of aromatic nitrogens is 1. The van der Waals surface area contributed by atoms with E-state index in [9.17, 15) is 4.39 Å². The number of hydrogen-bond donors (Lipinski definition) is 1. The van der Waals surface area contributed by atoms with Gasteiger partial charge in [-0.3, -0.25) is 0 Å². The lowest BCUT2D eigenvalue weighted by atomic mass is 9.96. The van der Waals surface area contributed by atoms with Gasteiger partial charge in [0.2, 0.25) is 0 Å². The molecule has 0 aliphatic carbocycles. The van der Waals surface area contributed by atoms with Gasteiger partial charge in [-0.15, -0.1) is 0 Å². The molecule has 0 unspecified atom stereocenters. The molecule has 0 aliphatic rings. The highest BCUT2D eigenvalue weighted by Gasteiger charge is 2.16. The molecule has 0 fully saturated rings. The Labute approximate surface area is 96.5 Å². The second-order valence-corrected chi connectivity index (χ2v) is 5.26. The Hall–Kier alpha value is -1.16. The van der Waals surface area contributed by atoms with Gasteiger partial charge in [0, 0.05) is 25.7 Å². The maximum absolute atomic E-state index is 13.0. The Morgan fingerprint density at radius 3 is 2.56 bits per heavy atom. The summed E-state index contributed by atoms with van der Waals surface area (Å²) in [6.07, 6.45) is 1.23. The van der Waals surface area contributed by atoms with Crippen molar-refractivity contribution >= 4 is 5.82 Å². The zero-order valence-electron chi connectivity index (χ0n) is 10.4. The van der Waals surface area contributed by atoms with Crippen LogP contribution in [0.25, 0.3) is 0 Å². The van der Waals surface area contributed by atoms with Crippen molar-refractivity contribution in [1.29, 1.82) is 0 Å². The van der Waals surface area contributed by atoms with Crippen LogP contribution in [0.15, 0.2) is 12.3 Å². The fraction of sp³-hybridized carbons (Fsp3) is 0.583. The van der Waals surface area contributed by atoms with E-state index in [4.69, 9.17) is 5.73 Å². The molecule has 0 saturated heterocycles. The maximum Gasteiger partial charge on any atom is 0.141 e. The first kappa shape index (κ1) is 12.9. The molecule has 1 aromatic heterocycles. The number of nitrogens with zero attached hydrogens (tertiary/aromatic N) is 2. The van der Waals surface area contributed by atoms with Gasteiger partial charge in [0.25, 0.3) is 0 Å². The van der Waals surface area contributed by atoms with Crippen LogP contribution in [0.4, 0.5) is 10.2 Å². The molecule has 90 valence electrons. The zero-order chi connectivity index (χ0) is 12.3. The van der Waals surface area contributed by atoms with Crippen molar-refractivity contribution in [2.45, 2.75) is 27.3 Å². The average Bonchev–Trinajstić information content (AvgIpc) is 2.14. The molecule has 0 spiro atoms. The largest absolute Gasteiger partial charge is 0.359 e. The smallest absolute Gasteiger partial charge is 0.141 e. The van der Waals surface area contributed by atoms with E-state index in [0.29, 0.717) is 6.54 Å². The fourth-order valence-electron chi connectivity index (χ4n) is 1.75. The Kier molecular flexibility index (Phi) is 3.86. The Bertz CT molecular complexity index is 358. The summed E-state index contributed by atoms with van der Waals surface area (Å²) in [6.45, 7) is 7.59. The third kappa shape index (κ3) is 3.45. The Morgan fingerprint density at radius 1 is 1.44 bits per heavy atom. The number of nitrogens with two attached hydrogens (primary N) is 1. The zero-order valence-corrected chi connectivity index (χ0v) is 10.4. The first-order valence-electron chi connectivity index (χ1n) is 5.39. The van der Waals surface area contributed by atoms with Gasteiger partial charge < -0.3 is 10.6 Å². The first-order valence-corrected chi connectivity index (χ1v) is 5.39. The minimum Gasteiger partial charge on any atom is -0.359 e. The summed E-state index contributed by atoms with van der Waals surface area (Å²) in [7, 11) is 1.95. The van der Waals surface area contributed by atoms with E-state index in [-0.39, 0.29) is 11.2 Å². The van der Waals surface area contributed by atoms with Gasteiger partial charge in [0.05, 0.1) is 6.20 Å². The van der Waals surface area contributed by atoms with Gasteiger partial charge >= 0.3 is 0 Å². The highest BCUT2D eigenvalue weighted by atomic mass is 19.1. The van der Waals surface area contributed by atoms with Crippen molar-refractivity contribution in [3.63, 3.8) is 0 Å². The summed E-state index contributed by atoms with van der Waals surface area (Å²) < 4.78 is 13.0. The molecule has 3 nitrogen and oxygen atoms in total. The Morgan fingerprint density at radius 2 is 2.06 bits per heavy atom. The third-order valence-electron chi connectivity index (χ3n) is 2.20. The normalized spacial score (nSPS) is 11.6. The van der Waals surface area contributed by atoms with E-state index in [0.717, 1.165) is 17.9 Å². The third-order valence-corrected chi connectivity index (χ3v) is 2.20. The molecule has 0 aliphatic heterocycles. The van der Waals surface area contributed by atoms with Gasteiger partial charge in [-0.1, -0.05) is 20.8 Å². The van der Waals surface area contributed by atoms with Crippen molar-refractivity contribution < 1.29 is 4.39 Å². The van der Waals surface area contributed by atoms with Gasteiger partial charge in [0.1, 0.15) is 11.6 Å². The average molecular weight is 225 g/mol. The molecule has 1 heterocycles. The molecule has 0 aromatic carbocycles. The van der Waals surface area contributed by atoms with Gasteiger partial charge in [-0.05, 0) is 11.5 Å². The molecular weight excluding hydrogens is 205 g/mol. The van der Waals surface area contributed by atoms with Gasteiger partial charge in [-0.25, -0.2) is 9.37 Å². The number of rotatable bonds is 3. The second kappa shape index (κ2) is 4.78. The quantitative estimate of drug-likeness (QED) is 0.857. The minimum absolute atomic E-state index is 0.163. The number of anilines is 1. The van der Waals surface area contributed by atoms with Crippen LogP contribution in [0.5, 0.6) is 0 Å². The molecule has 0 bridgehead atoms. The topological polar surface area (TPSA) is 42.2 Å². The van der Waals surface area contributed by atoms with Crippen LogP contribution < -0.4 is 10.6 Å². The molecule has 16 heavy (non-hydrogen) atoms. The molecule has 0 amide bonds. The minimum atomic E-state index is -0.339. The van der Waals surface area contributed by atoms with Crippen LogP contribution in [-0.4, -0.2) is 18.6 Å². The van der Waals surface area contributed by atoms with Crippen molar-refractivity contribution in [2.75, 3.05) is 18.5 Å². The molecule has 1 rings (SSSR count). The summed E-state index contributed by atoms with van der Waals surface area (Å²) >= 11 is 0. The van der Waals surface area contributed by atoms with Crippen LogP contribution >= 0.6 is 0 Å². The van der Waals surface area contributed by atoms with Crippen molar-refractivity contribution in [2.24, 2.45) is 11.1 Å². The van der Waals surface area contributed by atoms with Crippen molar-refractivity contribution in [1.82, 2.24) is 4.98 Å². The summed E-state index contributed by atoms with van der Waals surface area (Å²) in [5, 5.41) is 0. The lowest BCUT2D eigenvalue weighted by molar-refractivity contribution is 0.417. The lowest BCUT2D eigenvalue weighted by Crippen LogP contribution is -2.30. The number of hydrogen-bond acceptors (Lipinski definition) is 3. The predicted molar refractivity (Wildman–Crippen MR) is 64.8 cm³/mol. The van der Waals surface area contributed by atoms with E-state index in [1.54, 1.807) is 0 Å². The van der Waals surface area contributed by atoms with Gasteiger partial charge in [-0.2, -0.15) is 0 Å². The van der Waals surface area contributed by atoms with E-state index in [1.807, 2.05) is 11.9 Å². The fourth-order valence-corrected chi connectivity index (χ4v) is 1.75. The highest BCUT2D eigenvalue weighted by molar-refractivity contribution is 5.46. The Balaban J connectivity index is 2.94. The molecule has 2 N–H and O–H groups in total. The molecule has 0 atom stereocenters. The second-order valence-electron chi connectivity index (χ2n) is 5.26. The highest BCUT2D eigenvalue weighted by Crippen LogP contribution is 2.21. The summed E-state index contributed by atoms with van der Waals surface area (Å²) in [5.41, 5.74) is 6.49. The van der Waals surface area contributed by atoms with Crippen molar-refractivity contribution in [3.05, 3.63) is 23.6 Å². The molecular formula is C12H20FN3. The summed E-state index contributed by atoms with van der Waals surface area (Å²) in [4.78, 5) is 6.12. The van der Waals surface area contributed by atoms with Crippen LogP contribution in [0.3, 0.4) is 0 Å². The van der Waals surface area contributed by atoms with Crippen LogP contribution in [0.2, 0.25) is 0 Å². The van der Waals surface area contributed by atoms with E-state index in [1.165, 1.54) is 12.3 Å².